The van der Waals surface area contributed by atoms with E-state index in [2.05, 4.69) is 24.1 Å². The fraction of sp³-hybridized carbons (Fsp3) is 0.538. The normalized spacial score (nSPS) is 14.1. The topological polar surface area (TPSA) is 68.9 Å². The van der Waals surface area contributed by atoms with Gasteiger partial charge in [0.15, 0.2) is 0 Å². The van der Waals surface area contributed by atoms with Crippen LogP contribution in [-0.4, -0.2) is 22.2 Å². The molecule has 2 N–H and O–H groups in total. The minimum atomic E-state index is -0.746. The van der Waals surface area contributed by atoms with Gasteiger partial charge in [-0.25, -0.2) is 4.98 Å². The van der Waals surface area contributed by atoms with E-state index in [1.807, 2.05) is 13.0 Å². The Morgan fingerprint density at radius 3 is 2.88 bits per heavy atom. The summed E-state index contributed by atoms with van der Waals surface area (Å²) in [5, 5.41) is 22.0. The van der Waals surface area contributed by atoms with Gasteiger partial charge in [-0.05, 0) is 31.4 Å². The van der Waals surface area contributed by atoms with Crippen molar-refractivity contribution in [3.8, 4) is 6.07 Å². The zero-order valence-electron chi connectivity index (χ0n) is 10.6. The lowest BCUT2D eigenvalue weighted by Crippen LogP contribution is -2.34. The summed E-state index contributed by atoms with van der Waals surface area (Å²) >= 11 is 0. The summed E-state index contributed by atoms with van der Waals surface area (Å²) < 4.78 is 0. The van der Waals surface area contributed by atoms with Crippen LogP contribution >= 0.6 is 0 Å². The molecule has 1 rings (SSSR count). The van der Waals surface area contributed by atoms with Gasteiger partial charge >= 0.3 is 0 Å². The minimum Gasteiger partial charge on any atom is -0.388 e. The summed E-state index contributed by atoms with van der Waals surface area (Å²) in [6.45, 7) is 6.43. The first kappa shape index (κ1) is 13.5. The Bertz CT molecular complexity index is 407. The highest BCUT2D eigenvalue weighted by Gasteiger charge is 2.21. The lowest BCUT2D eigenvalue weighted by atomic mass is 9.94. The van der Waals surface area contributed by atoms with Crippen LogP contribution in [0.4, 0.5) is 5.69 Å². The highest BCUT2D eigenvalue weighted by molar-refractivity contribution is 5.46. The van der Waals surface area contributed by atoms with Gasteiger partial charge in [-0.15, -0.1) is 0 Å². The fourth-order valence-electron chi connectivity index (χ4n) is 1.85. The van der Waals surface area contributed by atoms with Crippen LogP contribution in [0.1, 0.15) is 32.9 Å². The van der Waals surface area contributed by atoms with E-state index in [1.165, 1.54) is 0 Å². The number of aliphatic hydroxyl groups is 1. The molecule has 0 saturated carbocycles. The molecule has 0 bridgehead atoms. The molecule has 1 aromatic heterocycles. The molecule has 0 fully saturated rings. The van der Waals surface area contributed by atoms with E-state index in [9.17, 15) is 5.11 Å². The maximum Gasteiger partial charge on any atom is 0.142 e. The fourth-order valence-corrected chi connectivity index (χ4v) is 1.85. The van der Waals surface area contributed by atoms with E-state index in [1.54, 1.807) is 18.3 Å². The van der Waals surface area contributed by atoms with Crippen LogP contribution in [0.3, 0.4) is 0 Å². The van der Waals surface area contributed by atoms with E-state index in [4.69, 9.17) is 5.26 Å². The Hall–Kier alpha value is -1.60. The third kappa shape index (κ3) is 4.83. The summed E-state index contributed by atoms with van der Waals surface area (Å²) in [7, 11) is 0. The van der Waals surface area contributed by atoms with Crippen molar-refractivity contribution in [1.29, 1.82) is 5.26 Å². The largest absolute Gasteiger partial charge is 0.388 e. The zero-order valence-corrected chi connectivity index (χ0v) is 10.6. The predicted octanol–water partition coefficient (Wildman–Crippen LogP) is 2.16. The number of hydrogen-bond acceptors (Lipinski definition) is 4. The van der Waals surface area contributed by atoms with Crippen LogP contribution in [0.15, 0.2) is 18.3 Å². The van der Waals surface area contributed by atoms with Gasteiger partial charge in [0.05, 0.1) is 5.60 Å². The average molecular weight is 233 g/mol. The summed E-state index contributed by atoms with van der Waals surface area (Å²) in [6.07, 6.45) is 2.31. The molecule has 1 unspecified atom stereocenters. The lowest BCUT2D eigenvalue weighted by molar-refractivity contribution is 0.0515. The van der Waals surface area contributed by atoms with Crippen molar-refractivity contribution in [2.24, 2.45) is 5.92 Å². The van der Waals surface area contributed by atoms with Crippen LogP contribution in [0, 0.1) is 17.2 Å². The SMILES string of the molecule is CC(C)CC(C)(O)CNc1ccnc(C#N)c1. The molecule has 4 heteroatoms. The van der Waals surface area contributed by atoms with Crippen molar-refractivity contribution in [3.63, 3.8) is 0 Å². The third-order valence-electron chi connectivity index (χ3n) is 2.40. The number of nitrogens with one attached hydrogen (secondary N) is 1. The molecule has 92 valence electrons. The maximum atomic E-state index is 10.1. The number of aromatic nitrogens is 1. The Balaban J connectivity index is 2.58. The molecule has 0 aliphatic carbocycles. The first-order chi connectivity index (χ1) is 7.93. The van der Waals surface area contributed by atoms with E-state index in [0.29, 0.717) is 18.2 Å². The first-order valence-electron chi connectivity index (χ1n) is 5.75. The van der Waals surface area contributed by atoms with E-state index < -0.39 is 5.60 Å². The van der Waals surface area contributed by atoms with Gasteiger partial charge in [0.1, 0.15) is 11.8 Å². The third-order valence-corrected chi connectivity index (χ3v) is 2.40. The quantitative estimate of drug-likeness (QED) is 0.817. The number of nitrogens with zero attached hydrogens (tertiary/aromatic N) is 2. The smallest absolute Gasteiger partial charge is 0.142 e. The van der Waals surface area contributed by atoms with Crippen LogP contribution in [0.2, 0.25) is 0 Å². The second kappa shape index (κ2) is 5.65. The Morgan fingerprint density at radius 2 is 2.29 bits per heavy atom. The highest BCUT2D eigenvalue weighted by Crippen LogP contribution is 2.17. The van der Waals surface area contributed by atoms with Crippen molar-refractivity contribution in [2.45, 2.75) is 32.8 Å². The van der Waals surface area contributed by atoms with E-state index in [0.717, 1.165) is 12.1 Å². The van der Waals surface area contributed by atoms with Crippen LogP contribution in [-0.2, 0) is 0 Å². The molecule has 0 saturated heterocycles. The first-order valence-corrected chi connectivity index (χ1v) is 5.75. The van der Waals surface area contributed by atoms with Crippen LogP contribution < -0.4 is 5.32 Å². The molecule has 0 radical (unpaired) electrons. The Kier molecular flexibility index (Phi) is 4.47. The molecule has 1 atom stereocenters. The van der Waals surface area contributed by atoms with E-state index in [-0.39, 0.29) is 0 Å². The van der Waals surface area contributed by atoms with Crippen molar-refractivity contribution < 1.29 is 5.11 Å². The van der Waals surface area contributed by atoms with Crippen molar-refractivity contribution >= 4 is 5.69 Å². The molecular weight excluding hydrogens is 214 g/mol. The van der Waals surface area contributed by atoms with Gasteiger partial charge < -0.3 is 10.4 Å². The average Bonchev–Trinajstić information content (AvgIpc) is 2.25. The van der Waals surface area contributed by atoms with Gasteiger partial charge in [-0.3, -0.25) is 0 Å². The molecule has 0 aliphatic rings. The summed E-state index contributed by atoms with van der Waals surface area (Å²) in [5.41, 5.74) is 0.434. The van der Waals surface area contributed by atoms with Crippen molar-refractivity contribution in [1.82, 2.24) is 4.98 Å². The molecule has 0 spiro atoms. The maximum absolute atomic E-state index is 10.1. The predicted molar refractivity (Wildman–Crippen MR) is 67.5 cm³/mol. The molecule has 1 aromatic rings. The van der Waals surface area contributed by atoms with Crippen molar-refractivity contribution in [3.05, 3.63) is 24.0 Å². The zero-order chi connectivity index (χ0) is 12.9. The molecular formula is C13H19N3O. The Morgan fingerprint density at radius 1 is 1.59 bits per heavy atom. The number of pyridine rings is 1. The summed E-state index contributed by atoms with van der Waals surface area (Å²) in [6, 6.07) is 5.44. The number of rotatable bonds is 5. The highest BCUT2D eigenvalue weighted by atomic mass is 16.3. The second-order valence-electron chi connectivity index (χ2n) is 4.99. The number of hydrogen-bond donors (Lipinski definition) is 2. The molecule has 17 heavy (non-hydrogen) atoms. The summed E-state index contributed by atoms with van der Waals surface area (Å²) in [5.74, 6) is 0.443. The van der Waals surface area contributed by atoms with Gasteiger partial charge in [-0.1, -0.05) is 13.8 Å². The Labute approximate surface area is 102 Å². The molecule has 4 nitrogen and oxygen atoms in total. The molecule has 0 aromatic carbocycles. The van der Waals surface area contributed by atoms with Gasteiger partial charge in [0.2, 0.25) is 0 Å². The second-order valence-corrected chi connectivity index (χ2v) is 4.99. The molecule has 0 aliphatic heterocycles. The summed E-state index contributed by atoms with van der Waals surface area (Å²) in [4.78, 5) is 3.89. The minimum absolute atomic E-state index is 0.374. The monoisotopic (exact) mass is 233 g/mol. The van der Waals surface area contributed by atoms with Crippen LogP contribution in [0.5, 0.6) is 0 Å². The van der Waals surface area contributed by atoms with Gasteiger partial charge in [0, 0.05) is 18.4 Å². The van der Waals surface area contributed by atoms with Crippen molar-refractivity contribution in [2.75, 3.05) is 11.9 Å². The van der Waals surface area contributed by atoms with E-state index >= 15 is 0 Å². The van der Waals surface area contributed by atoms with Gasteiger partial charge in [0.25, 0.3) is 0 Å². The standard InChI is InChI=1S/C13H19N3O/c1-10(2)7-13(3,17)9-16-11-4-5-15-12(6-11)8-14/h4-6,10,17H,7,9H2,1-3H3,(H,15,16). The lowest BCUT2D eigenvalue weighted by Gasteiger charge is -2.26. The number of nitriles is 1. The molecule has 1 heterocycles. The van der Waals surface area contributed by atoms with Gasteiger partial charge in [-0.2, -0.15) is 5.26 Å². The van der Waals surface area contributed by atoms with Crippen LogP contribution in [0.25, 0.3) is 0 Å². The number of anilines is 1. The molecule has 0 amide bonds.